The molecule has 1 aromatic rings. The standard InChI is InChI=1S/C14H11BrFNO3/c1-2-3-10(16)5-7-13(18)17-12-6-4-9(15)8-11(12)14(19)20/h2-8H,1H2,(H,17,18)(H,19,20)/b7-5+,10-3+. The second kappa shape index (κ2) is 7.40. The van der Waals surface area contributed by atoms with Gasteiger partial charge in [-0.05, 0) is 30.4 Å². The summed E-state index contributed by atoms with van der Waals surface area (Å²) in [7, 11) is 0. The van der Waals surface area contributed by atoms with Crippen molar-refractivity contribution < 1.29 is 19.1 Å². The van der Waals surface area contributed by atoms with Crippen LogP contribution in [0.4, 0.5) is 10.1 Å². The molecule has 6 heteroatoms. The fourth-order valence-electron chi connectivity index (χ4n) is 1.30. The first kappa shape index (κ1) is 15.8. The van der Waals surface area contributed by atoms with Crippen LogP contribution in [-0.2, 0) is 4.79 Å². The summed E-state index contributed by atoms with van der Waals surface area (Å²) in [5, 5.41) is 11.4. The minimum atomic E-state index is -1.18. The Morgan fingerprint density at radius 2 is 2.05 bits per heavy atom. The molecule has 1 rings (SSSR count). The van der Waals surface area contributed by atoms with Crippen molar-refractivity contribution in [2.75, 3.05) is 5.32 Å². The van der Waals surface area contributed by atoms with Gasteiger partial charge in [-0.3, -0.25) is 4.79 Å². The monoisotopic (exact) mass is 339 g/mol. The zero-order valence-corrected chi connectivity index (χ0v) is 11.9. The van der Waals surface area contributed by atoms with Crippen LogP contribution in [0.5, 0.6) is 0 Å². The fourth-order valence-corrected chi connectivity index (χ4v) is 1.66. The summed E-state index contributed by atoms with van der Waals surface area (Å²) in [5.74, 6) is -2.45. The number of anilines is 1. The van der Waals surface area contributed by atoms with Crippen molar-refractivity contribution in [3.63, 3.8) is 0 Å². The Labute approximate surface area is 123 Å². The van der Waals surface area contributed by atoms with Crippen molar-refractivity contribution in [3.8, 4) is 0 Å². The van der Waals surface area contributed by atoms with Crippen LogP contribution < -0.4 is 5.32 Å². The Kier molecular flexibility index (Phi) is 5.86. The Morgan fingerprint density at radius 1 is 1.35 bits per heavy atom. The molecule has 20 heavy (non-hydrogen) atoms. The highest BCUT2D eigenvalue weighted by Crippen LogP contribution is 2.21. The molecule has 1 aromatic carbocycles. The summed E-state index contributed by atoms with van der Waals surface area (Å²) >= 11 is 3.14. The van der Waals surface area contributed by atoms with Gasteiger partial charge in [-0.25, -0.2) is 9.18 Å². The molecule has 0 spiro atoms. The predicted molar refractivity (Wildman–Crippen MR) is 78.3 cm³/mol. The van der Waals surface area contributed by atoms with Gasteiger partial charge in [-0.15, -0.1) is 0 Å². The Bertz CT molecular complexity index is 608. The number of hydrogen-bond acceptors (Lipinski definition) is 2. The van der Waals surface area contributed by atoms with Crippen LogP contribution in [0.2, 0.25) is 0 Å². The van der Waals surface area contributed by atoms with E-state index in [9.17, 15) is 14.0 Å². The summed E-state index contributed by atoms with van der Waals surface area (Å²) in [5.41, 5.74) is 0.0617. The predicted octanol–water partition coefficient (Wildman–Crippen LogP) is 3.68. The number of nitrogens with one attached hydrogen (secondary N) is 1. The van der Waals surface area contributed by atoms with E-state index >= 15 is 0 Å². The molecule has 0 fully saturated rings. The SMILES string of the molecule is C=C/C=C(F)\C=C\C(=O)Nc1ccc(Br)cc1C(=O)O. The van der Waals surface area contributed by atoms with Gasteiger partial charge < -0.3 is 10.4 Å². The quantitative estimate of drug-likeness (QED) is 0.635. The number of hydrogen-bond donors (Lipinski definition) is 2. The molecule has 0 bridgehead atoms. The zero-order valence-electron chi connectivity index (χ0n) is 10.3. The van der Waals surface area contributed by atoms with Crippen molar-refractivity contribution >= 4 is 33.5 Å². The van der Waals surface area contributed by atoms with Gasteiger partial charge in [-0.2, -0.15) is 0 Å². The van der Waals surface area contributed by atoms with Gasteiger partial charge in [0, 0.05) is 10.5 Å². The number of halogens is 2. The first-order valence-corrected chi connectivity index (χ1v) is 6.23. The fraction of sp³-hybridized carbons (Fsp3) is 0. The van der Waals surface area contributed by atoms with Gasteiger partial charge in [0.25, 0.3) is 0 Å². The molecule has 0 unspecified atom stereocenters. The smallest absolute Gasteiger partial charge is 0.337 e. The van der Waals surface area contributed by atoms with E-state index in [1.807, 2.05) is 0 Å². The second-order valence-electron chi connectivity index (χ2n) is 3.60. The molecule has 2 N–H and O–H groups in total. The molecule has 0 aliphatic carbocycles. The summed E-state index contributed by atoms with van der Waals surface area (Å²) in [4.78, 5) is 22.6. The highest BCUT2D eigenvalue weighted by Gasteiger charge is 2.11. The maximum Gasteiger partial charge on any atom is 0.337 e. The van der Waals surface area contributed by atoms with Gasteiger partial charge in [0.1, 0.15) is 5.83 Å². The molecule has 0 saturated carbocycles. The highest BCUT2D eigenvalue weighted by atomic mass is 79.9. The Morgan fingerprint density at radius 3 is 2.65 bits per heavy atom. The summed E-state index contributed by atoms with van der Waals surface area (Å²) in [6, 6.07) is 4.39. The molecule has 0 saturated heterocycles. The second-order valence-corrected chi connectivity index (χ2v) is 4.52. The third kappa shape index (κ3) is 4.81. The van der Waals surface area contributed by atoms with E-state index in [-0.39, 0.29) is 11.3 Å². The number of carboxylic acid groups (broad SMARTS) is 1. The number of benzene rings is 1. The van der Waals surface area contributed by atoms with Crippen LogP contribution in [0.15, 0.2) is 59.4 Å². The number of carboxylic acids is 1. The number of amides is 1. The maximum absolute atomic E-state index is 13.0. The Balaban J connectivity index is 2.89. The summed E-state index contributed by atoms with van der Waals surface area (Å²) < 4.78 is 13.6. The highest BCUT2D eigenvalue weighted by molar-refractivity contribution is 9.10. The first-order chi connectivity index (χ1) is 9.43. The number of carbonyl (C=O) groups is 2. The van der Waals surface area contributed by atoms with Crippen LogP contribution in [0, 0.1) is 0 Å². The van der Waals surface area contributed by atoms with E-state index in [1.165, 1.54) is 18.2 Å². The van der Waals surface area contributed by atoms with Gasteiger partial charge in [0.15, 0.2) is 0 Å². The lowest BCUT2D eigenvalue weighted by atomic mass is 10.2. The lowest BCUT2D eigenvalue weighted by Crippen LogP contribution is -2.12. The van der Waals surface area contributed by atoms with Gasteiger partial charge in [-0.1, -0.05) is 28.6 Å². The van der Waals surface area contributed by atoms with Gasteiger partial charge in [0.05, 0.1) is 11.3 Å². The summed E-state index contributed by atoms with van der Waals surface area (Å²) in [6.07, 6.45) is 4.25. The van der Waals surface area contributed by atoms with Crippen LogP contribution in [0.1, 0.15) is 10.4 Å². The topological polar surface area (TPSA) is 66.4 Å². The minimum Gasteiger partial charge on any atom is -0.478 e. The molecule has 1 amide bonds. The lowest BCUT2D eigenvalue weighted by molar-refractivity contribution is -0.111. The lowest BCUT2D eigenvalue weighted by Gasteiger charge is -2.06. The number of rotatable bonds is 5. The number of allylic oxidation sites excluding steroid dienone is 4. The average Bonchev–Trinajstić information content (AvgIpc) is 2.38. The van der Waals surface area contributed by atoms with Crippen LogP contribution in [-0.4, -0.2) is 17.0 Å². The molecule has 4 nitrogen and oxygen atoms in total. The van der Waals surface area contributed by atoms with Gasteiger partial charge >= 0.3 is 5.97 Å². The third-order valence-electron chi connectivity index (χ3n) is 2.14. The van der Waals surface area contributed by atoms with Crippen molar-refractivity contribution in [2.45, 2.75) is 0 Å². The molecular formula is C14H11BrFNO3. The molecule has 0 aliphatic heterocycles. The third-order valence-corrected chi connectivity index (χ3v) is 2.63. The average molecular weight is 340 g/mol. The molecule has 0 aliphatic rings. The minimum absolute atomic E-state index is 0.0665. The van der Waals surface area contributed by atoms with Crippen LogP contribution >= 0.6 is 15.9 Å². The molecular weight excluding hydrogens is 329 g/mol. The first-order valence-electron chi connectivity index (χ1n) is 5.44. The molecule has 104 valence electrons. The van der Waals surface area contributed by atoms with E-state index in [0.29, 0.717) is 4.47 Å². The summed E-state index contributed by atoms with van der Waals surface area (Å²) in [6.45, 7) is 3.31. The number of carbonyl (C=O) groups excluding carboxylic acids is 1. The van der Waals surface area contributed by atoms with Crippen molar-refractivity contribution in [2.24, 2.45) is 0 Å². The maximum atomic E-state index is 13.0. The Hall–Kier alpha value is -2.21. The molecule has 0 aromatic heterocycles. The molecule has 0 radical (unpaired) electrons. The van der Waals surface area contributed by atoms with E-state index < -0.39 is 17.7 Å². The van der Waals surface area contributed by atoms with Gasteiger partial charge in [0.2, 0.25) is 5.91 Å². The van der Waals surface area contributed by atoms with E-state index in [0.717, 1.165) is 18.2 Å². The normalized spacial score (nSPS) is 11.4. The van der Waals surface area contributed by atoms with E-state index in [4.69, 9.17) is 5.11 Å². The van der Waals surface area contributed by atoms with Crippen molar-refractivity contribution in [3.05, 3.63) is 64.9 Å². The van der Waals surface area contributed by atoms with Crippen LogP contribution in [0.25, 0.3) is 0 Å². The number of aromatic carboxylic acids is 1. The van der Waals surface area contributed by atoms with Crippen LogP contribution in [0.3, 0.4) is 0 Å². The molecule has 0 atom stereocenters. The van der Waals surface area contributed by atoms with E-state index in [1.54, 1.807) is 6.07 Å². The van der Waals surface area contributed by atoms with Crippen molar-refractivity contribution in [1.82, 2.24) is 0 Å². The van der Waals surface area contributed by atoms with Crippen molar-refractivity contribution in [1.29, 1.82) is 0 Å². The zero-order chi connectivity index (χ0) is 15.1. The molecule has 0 heterocycles. The largest absolute Gasteiger partial charge is 0.478 e. The van der Waals surface area contributed by atoms with E-state index in [2.05, 4.69) is 27.8 Å².